The Labute approximate surface area is 189 Å². The van der Waals surface area contributed by atoms with Crippen molar-refractivity contribution in [3.8, 4) is 17.2 Å². The van der Waals surface area contributed by atoms with Crippen molar-refractivity contribution in [2.24, 2.45) is 0 Å². The number of benzene rings is 2. The normalized spacial score (nSPS) is 12.6. The lowest BCUT2D eigenvalue weighted by molar-refractivity contribution is 0.0984. The zero-order valence-electron chi connectivity index (χ0n) is 17.7. The number of fused-ring (bicyclic) bond motifs is 2. The Balaban J connectivity index is 1.59. The average molecular weight is 448 g/mol. The fourth-order valence-electron chi connectivity index (χ4n) is 3.61. The number of amides is 1. The molecule has 0 saturated heterocycles. The molecule has 0 atom stereocenters. The van der Waals surface area contributed by atoms with Crippen LogP contribution in [-0.2, 0) is 6.54 Å². The monoisotopic (exact) mass is 447 g/mol. The molecule has 1 aliphatic rings. The number of hydrogen-bond donors (Lipinski definition) is 0. The summed E-state index contributed by atoms with van der Waals surface area (Å²) in [5.74, 6) is 1.72. The maximum absolute atomic E-state index is 13.7. The summed E-state index contributed by atoms with van der Waals surface area (Å²) < 4.78 is 17.8. The van der Waals surface area contributed by atoms with Crippen LogP contribution >= 0.6 is 11.3 Å². The van der Waals surface area contributed by atoms with Gasteiger partial charge in [0.15, 0.2) is 16.6 Å². The molecule has 0 bridgehead atoms. The van der Waals surface area contributed by atoms with Crippen molar-refractivity contribution in [3.05, 3.63) is 71.5 Å². The number of aryl methyl sites for hydroxylation is 1. The third-order valence-corrected chi connectivity index (χ3v) is 6.45. The van der Waals surface area contributed by atoms with Crippen molar-refractivity contribution in [1.82, 2.24) is 9.97 Å². The molecule has 0 aliphatic carbocycles. The minimum Gasteiger partial charge on any atom is -0.494 e. The maximum Gasteiger partial charge on any atom is 0.260 e. The van der Waals surface area contributed by atoms with Gasteiger partial charge in [0.25, 0.3) is 5.91 Å². The third-order valence-electron chi connectivity index (χ3n) is 5.24. The maximum atomic E-state index is 13.7. The number of nitrogens with zero attached hydrogens (tertiary/aromatic N) is 3. The molecular formula is C24H21N3O4S. The topological polar surface area (TPSA) is 73.8 Å². The van der Waals surface area contributed by atoms with Crippen molar-refractivity contribution in [2.75, 3.05) is 25.2 Å². The van der Waals surface area contributed by atoms with Gasteiger partial charge in [0.2, 0.25) is 0 Å². The van der Waals surface area contributed by atoms with E-state index < -0.39 is 0 Å². The molecule has 0 fully saturated rings. The number of hydrogen-bond acceptors (Lipinski definition) is 7. The van der Waals surface area contributed by atoms with Gasteiger partial charge in [0.05, 0.1) is 18.4 Å². The van der Waals surface area contributed by atoms with Gasteiger partial charge in [-0.25, -0.2) is 4.98 Å². The van der Waals surface area contributed by atoms with Crippen LogP contribution in [0, 0.1) is 6.92 Å². The van der Waals surface area contributed by atoms with E-state index in [2.05, 4.69) is 4.98 Å². The van der Waals surface area contributed by atoms with Crippen LogP contribution in [0.4, 0.5) is 5.13 Å². The Morgan fingerprint density at radius 3 is 2.78 bits per heavy atom. The summed E-state index contributed by atoms with van der Waals surface area (Å²) in [6, 6.07) is 12.9. The first-order valence-electron chi connectivity index (χ1n) is 10.2. The van der Waals surface area contributed by atoms with E-state index in [1.165, 1.54) is 11.3 Å². The van der Waals surface area contributed by atoms with Crippen LogP contribution in [0.1, 0.15) is 21.5 Å². The molecule has 0 unspecified atom stereocenters. The highest BCUT2D eigenvalue weighted by Gasteiger charge is 2.25. The highest BCUT2D eigenvalue weighted by atomic mass is 32.1. The highest BCUT2D eigenvalue weighted by molar-refractivity contribution is 7.22. The first-order valence-corrected chi connectivity index (χ1v) is 11.0. The summed E-state index contributed by atoms with van der Waals surface area (Å²) in [5.41, 5.74) is 3.23. The van der Waals surface area contributed by atoms with Crippen LogP contribution in [0.3, 0.4) is 0 Å². The van der Waals surface area contributed by atoms with Gasteiger partial charge >= 0.3 is 0 Å². The molecule has 0 N–H and O–H groups in total. The summed E-state index contributed by atoms with van der Waals surface area (Å²) in [7, 11) is 1.62. The van der Waals surface area contributed by atoms with Gasteiger partial charge < -0.3 is 14.2 Å². The summed E-state index contributed by atoms with van der Waals surface area (Å²) in [4.78, 5) is 24.4. The summed E-state index contributed by atoms with van der Waals surface area (Å²) in [5, 5.41) is 0.594. The molecule has 4 aromatic rings. The van der Waals surface area contributed by atoms with Crippen LogP contribution in [-0.4, -0.2) is 36.2 Å². The van der Waals surface area contributed by atoms with Crippen LogP contribution < -0.4 is 19.1 Å². The number of ether oxygens (including phenoxy) is 3. The smallest absolute Gasteiger partial charge is 0.260 e. The lowest BCUT2D eigenvalue weighted by Crippen LogP contribution is -2.30. The predicted molar refractivity (Wildman–Crippen MR) is 123 cm³/mol. The van der Waals surface area contributed by atoms with Crippen LogP contribution in [0.15, 0.2) is 54.9 Å². The van der Waals surface area contributed by atoms with Crippen molar-refractivity contribution in [3.63, 3.8) is 0 Å². The molecule has 1 aliphatic heterocycles. The van der Waals surface area contributed by atoms with Crippen molar-refractivity contribution in [1.29, 1.82) is 0 Å². The average Bonchev–Trinajstić information content (AvgIpc) is 3.29. The largest absolute Gasteiger partial charge is 0.494 e. The second-order valence-electron chi connectivity index (χ2n) is 7.37. The number of aromatic nitrogens is 2. The quantitative estimate of drug-likeness (QED) is 0.444. The fourth-order valence-corrected chi connectivity index (χ4v) is 4.66. The summed E-state index contributed by atoms with van der Waals surface area (Å²) in [6.07, 6.45) is 3.46. The van der Waals surface area contributed by atoms with E-state index >= 15 is 0 Å². The number of methoxy groups -OCH3 is 1. The van der Waals surface area contributed by atoms with E-state index in [-0.39, 0.29) is 5.91 Å². The molecule has 7 nitrogen and oxygen atoms in total. The zero-order valence-corrected chi connectivity index (χ0v) is 18.5. The van der Waals surface area contributed by atoms with Gasteiger partial charge in [-0.05, 0) is 48.4 Å². The molecule has 5 rings (SSSR count). The third kappa shape index (κ3) is 3.73. The number of rotatable bonds is 5. The molecule has 0 spiro atoms. The molecule has 32 heavy (non-hydrogen) atoms. The minimum absolute atomic E-state index is 0.179. The van der Waals surface area contributed by atoms with Gasteiger partial charge in [0.1, 0.15) is 24.5 Å². The van der Waals surface area contributed by atoms with E-state index in [1.54, 1.807) is 42.6 Å². The Morgan fingerprint density at radius 2 is 2.00 bits per heavy atom. The van der Waals surface area contributed by atoms with E-state index in [0.717, 1.165) is 21.3 Å². The molecule has 2 aromatic carbocycles. The summed E-state index contributed by atoms with van der Waals surface area (Å²) >= 11 is 1.47. The van der Waals surface area contributed by atoms with Gasteiger partial charge in [-0.1, -0.05) is 23.5 Å². The first-order chi connectivity index (χ1) is 15.6. The number of pyridine rings is 1. The molecule has 1 amide bonds. The molecule has 0 radical (unpaired) electrons. The number of anilines is 1. The predicted octanol–water partition coefficient (Wildman–Crippen LogP) is 4.63. The van der Waals surface area contributed by atoms with Crippen LogP contribution in [0.2, 0.25) is 0 Å². The van der Waals surface area contributed by atoms with Crippen molar-refractivity contribution in [2.45, 2.75) is 13.5 Å². The van der Waals surface area contributed by atoms with E-state index in [1.807, 2.05) is 31.2 Å². The first kappa shape index (κ1) is 20.3. The van der Waals surface area contributed by atoms with E-state index in [9.17, 15) is 4.79 Å². The van der Waals surface area contributed by atoms with Crippen molar-refractivity contribution >= 4 is 32.6 Å². The van der Waals surface area contributed by atoms with E-state index in [4.69, 9.17) is 19.2 Å². The Kier molecular flexibility index (Phi) is 5.36. The second-order valence-corrected chi connectivity index (χ2v) is 8.35. The summed E-state index contributed by atoms with van der Waals surface area (Å²) in [6.45, 7) is 3.32. The van der Waals surface area contributed by atoms with Crippen LogP contribution in [0.5, 0.6) is 17.2 Å². The zero-order chi connectivity index (χ0) is 22.1. The molecule has 162 valence electrons. The minimum atomic E-state index is -0.179. The second kappa shape index (κ2) is 8.47. The Morgan fingerprint density at radius 1 is 1.16 bits per heavy atom. The fraction of sp³-hybridized carbons (Fsp3) is 0.208. The molecule has 3 heterocycles. The van der Waals surface area contributed by atoms with Gasteiger partial charge in [-0.15, -0.1) is 0 Å². The number of carbonyl (C=O) groups is 1. The molecular weight excluding hydrogens is 426 g/mol. The van der Waals surface area contributed by atoms with Crippen LogP contribution in [0.25, 0.3) is 10.2 Å². The standard InChI is InChI=1S/C24H21N3O4S/c1-15-5-7-19(29-2)21-22(15)32-24(26-21)27(14-16-4-3-9-25-13-16)23(28)17-6-8-18-20(12-17)31-11-10-30-18/h3-9,12-13H,10-11,14H2,1-2H3. The van der Waals surface area contributed by atoms with Crippen molar-refractivity contribution < 1.29 is 19.0 Å². The van der Waals surface area contributed by atoms with Gasteiger partial charge in [-0.2, -0.15) is 0 Å². The Hall–Kier alpha value is -3.65. The highest BCUT2D eigenvalue weighted by Crippen LogP contribution is 2.38. The Bertz CT molecular complexity index is 1290. The van der Waals surface area contributed by atoms with Gasteiger partial charge in [-0.3, -0.25) is 14.7 Å². The number of carbonyl (C=O) groups excluding carboxylic acids is 1. The molecule has 0 saturated carbocycles. The lowest BCUT2D eigenvalue weighted by Gasteiger charge is -2.22. The molecule has 8 heteroatoms. The lowest BCUT2D eigenvalue weighted by atomic mass is 10.1. The SMILES string of the molecule is COc1ccc(C)c2sc(N(Cc3cccnc3)C(=O)c3ccc4c(c3)OCCO4)nc12. The number of thiazole rings is 1. The van der Waals surface area contributed by atoms with E-state index in [0.29, 0.717) is 47.7 Å². The molecule has 2 aromatic heterocycles. The van der Waals surface area contributed by atoms with Gasteiger partial charge in [0, 0.05) is 18.0 Å².